The molecule has 0 aliphatic carbocycles. The molecule has 2 aromatic heterocycles. The Morgan fingerprint density at radius 3 is 2.24 bits per heavy atom. The molecule has 0 fully saturated rings. The highest BCUT2D eigenvalue weighted by Crippen LogP contribution is 2.29. The van der Waals surface area contributed by atoms with Crippen molar-refractivity contribution in [3.05, 3.63) is 104 Å². The summed E-state index contributed by atoms with van der Waals surface area (Å²) >= 11 is 0. The molecule has 0 saturated carbocycles. The van der Waals surface area contributed by atoms with Gasteiger partial charge in [0.25, 0.3) is 5.56 Å². The number of aryl methyl sites for hydroxylation is 4. The van der Waals surface area contributed by atoms with E-state index in [1.165, 1.54) is 9.13 Å². The number of rotatable bonds is 6. The van der Waals surface area contributed by atoms with Crippen LogP contribution in [0.4, 0.5) is 5.69 Å². The minimum Gasteiger partial charge on any atom is -0.497 e. The van der Waals surface area contributed by atoms with E-state index in [1.54, 1.807) is 24.8 Å². The first-order chi connectivity index (χ1) is 18.2. The predicted octanol–water partition coefficient (Wildman–Crippen LogP) is 4.28. The maximum atomic E-state index is 13.9. The lowest BCUT2D eigenvalue weighted by molar-refractivity contribution is -0.116. The zero-order valence-corrected chi connectivity index (χ0v) is 22.2. The standard InChI is InChI=1S/C30H30N4O4/c1-18-13-19(2)26(20(3)14-18)31-25(35)17-33-27-23-15-22(38-5)11-12-24(23)32(4)28(27)29(36)34(30(33)37)16-21-9-7-6-8-10-21/h6-15H,16-17H2,1-5H3,(H,31,35). The minimum atomic E-state index is -0.547. The summed E-state index contributed by atoms with van der Waals surface area (Å²) in [6, 6.07) is 18.8. The molecule has 8 nitrogen and oxygen atoms in total. The van der Waals surface area contributed by atoms with Crippen molar-refractivity contribution >= 4 is 33.5 Å². The van der Waals surface area contributed by atoms with Gasteiger partial charge in [-0.05, 0) is 55.7 Å². The van der Waals surface area contributed by atoms with Crippen LogP contribution in [0, 0.1) is 20.8 Å². The fourth-order valence-electron chi connectivity index (χ4n) is 5.26. The van der Waals surface area contributed by atoms with E-state index in [-0.39, 0.29) is 19.0 Å². The fraction of sp³-hybridized carbons (Fsp3) is 0.233. The lowest BCUT2D eigenvalue weighted by Gasteiger charge is -2.16. The summed E-state index contributed by atoms with van der Waals surface area (Å²) in [5.41, 5.74) is 5.09. The summed E-state index contributed by atoms with van der Waals surface area (Å²) in [5.74, 6) is 0.237. The highest BCUT2D eigenvalue weighted by atomic mass is 16.5. The molecule has 38 heavy (non-hydrogen) atoms. The van der Waals surface area contributed by atoms with E-state index in [0.29, 0.717) is 22.2 Å². The molecule has 194 valence electrons. The average Bonchev–Trinajstić information content (AvgIpc) is 3.18. The first-order valence-corrected chi connectivity index (χ1v) is 12.4. The van der Waals surface area contributed by atoms with Crippen molar-refractivity contribution < 1.29 is 9.53 Å². The predicted molar refractivity (Wildman–Crippen MR) is 150 cm³/mol. The summed E-state index contributed by atoms with van der Waals surface area (Å²) in [5, 5.41) is 3.65. The monoisotopic (exact) mass is 510 g/mol. The maximum Gasteiger partial charge on any atom is 0.332 e. The van der Waals surface area contributed by atoms with Gasteiger partial charge in [-0.15, -0.1) is 0 Å². The summed E-state index contributed by atoms with van der Waals surface area (Å²) in [4.78, 5) is 41.0. The van der Waals surface area contributed by atoms with Gasteiger partial charge in [-0.1, -0.05) is 48.0 Å². The van der Waals surface area contributed by atoms with Crippen molar-refractivity contribution in [1.82, 2.24) is 13.7 Å². The molecule has 0 atom stereocenters. The Kier molecular flexibility index (Phi) is 6.40. The molecule has 2 heterocycles. The van der Waals surface area contributed by atoms with Crippen LogP contribution >= 0.6 is 0 Å². The van der Waals surface area contributed by atoms with Crippen molar-refractivity contribution in [2.24, 2.45) is 7.05 Å². The van der Waals surface area contributed by atoms with Crippen molar-refractivity contribution in [1.29, 1.82) is 0 Å². The van der Waals surface area contributed by atoms with Gasteiger partial charge in [0.05, 0.1) is 24.7 Å². The number of nitrogens with one attached hydrogen (secondary N) is 1. The van der Waals surface area contributed by atoms with Crippen molar-refractivity contribution in [2.45, 2.75) is 33.9 Å². The van der Waals surface area contributed by atoms with Crippen molar-refractivity contribution in [3.63, 3.8) is 0 Å². The third-order valence-corrected chi connectivity index (χ3v) is 6.99. The number of ether oxygens (including phenoxy) is 1. The van der Waals surface area contributed by atoms with Crippen LogP contribution in [-0.2, 0) is 24.9 Å². The number of aromatic nitrogens is 3. The Morgan fingerprint density at radius 2 is 1.58 bits per heavy atom. The molecule has 0 spiro atoms. The van der Waals surface area contributed by atoms with Crippen LogP contribution < -0.4 is 21.3 Å². The second-order valence-corrected chi connectivity index (χ2v) is 9.71. The number of amides is 1. The second-order valence-electron chi connectivity index (χ2n) is 9.71. The Morgan fingerprint density at radius 1 is 0.895 bits per heavy atom. The van der Waals surface area contributed by atoms with Crippen molar-refractivity contribution in [2.75, 3.05) is 12.4 Å². The molecule has 3 aromatic carbocycles. The lowest BCUT2D eigenvalue weighted by Crippen LogP contribution is -2.42. The van der Waals surface area contributed by atoms with E-state index >= 15 is 0 Å². The molecule has 0 bridgehead atoms. The number of fused-ring (bicyclic) bond motifs is 3. The van der Waals surface area contributed by atoms with Crippen LogP contribution in [-0.4, -0.2) is 26.7 Å². The van der Waals surface area contributed by atoms with E-state index in [0.717, 1.165) is 33.5 Å². The Balaban J connectivity index is 1.72. The van der Waals surface area contributed by atoms with Crippen LogP contribution in [0.3, 0.4) is 0 Å². The smallest absolute Gasteiger partial charge is 0.332 e. The molecule has 1 amide bonds. The van der Waals surface area contributed by atoms with Crippen molar-refractivity contribution in [3.8, 4) is 5.75 Å². The topological polar surface area (TPSA) is 87.3 Å². The molecule has 0 radical (unpaired) electrons. The number of nitrogens with zero attached hydrogens (tertiary/aromatic N) is 3. The zero-order valence-electron chi connectivity index (χ0n) is 22.2. The van der Waals surface area contributed by atoms with Gasteiger partial charge in [0.2, 0.25) is 5.91 Å². The van der Waals surface area contributed by atoms with E-state index in [2.05, 4.69) is 5.32 Å². The van der Waals surface area contributed by atoms with Gasteiger partial charge in [-0.2, -0.15) is 0 Å². The number of methoxy groups -OCH3 is 1. The first-order valence-electron chi connectivity index (χ1n) is 12.4. The first kappa shape index (κ1) is 25.1. The van der Waals surface area contributed by atoms with Gasteiger partial charge in [0.15, 0.2) is 0 Å². The maximum absolute atomic E-state index is 13.9. The third-order valence-electron chi connectivity index (χ3n) is 6.99. The SMILES string of the molecule is COc1ccc2c(c1)c1c(c(=O)n(Cc3ccccc3)c(=O)n1CC(=O)Nc1c(C)cc(C)cc1C)n2C. The second kappa shape index (κ2) is 9.70. The normalized spacial score (nSPS) is 11.3. The molecule has 0 saturated heterocycles. The molecule has 0 unspecified atom stereocenters. The number of carbonyl (C=O) groups is 1. The highest BCUT2D eigenvalue weighted by molar-refractivity contribution is 6.07. The highest BCUT2D eigenvalue weighted by Gasteiger charge is 2.22. The van der Waals surface area contributed by atoms with Crippen LogP contribution in [0.5, 0.6) is 5.75 Å². The molecule has 0 aliphatic heterocycles. The van der Waals surface area contributed by atoms with E-state index in [4.69, 9.17) is 4.74 Å². The number of hydrogen-bond donors (Lipinski definition) is 1. The number of anilines is 1. The van der Waals surface area contributed by atoms with Crippen LogP contribution in [0.25, 0.3) is 21.9 Å². The average molecular weight is 511 g/mol. The molecule has 5 aromatic rings. The molecular formula is C30H30N4O4. The zero-order chi connectivity index (χ0) is 27.1. The van der Waals surface area contributed by atoms with Gasteiger partial charge in [0, 0.05) is 18.1 Å². The Hall–Kier alpha value is -4.59. The van der Waals surface area contributed by atoms with Gasteiger partial charge in [-0.3, -0.25) is 18.7 Å². The van der Waals surface area contributed by atoms with Crippen LogP contribution in [0.15, 0.2) is 70.3 Å². The van der Waals surface area contributed by atoms with Gasteiger partial charge in [0.1, 0.15) is 17.8 Å². The lowest BCUT2D eigenvalue weighted by atomic mass is 10.1. The largest absolute Gasteiger partial charge is 0.497 e. The molecule has 5 rings (SSSR count). The van der Waals surface area contributed by atoms with Crippen LogP contribution in [0.2, 0.25) is 0 Å². The van der Waals surface area contributed by atoms with Gasteiger partial charge in [-0.25, -0.2) is 4.79 Å². The van der Waals surface area contributed by atoms with Gasteiger partial charge < -0.3 is 14.6 Å². The molecule has 1 N–H and O–H groups in total. The molecule has 8 heteroatoms. The number of carbonyl (C=O) groups excluding carboxylic acids is 1. The third kappa shape index (κ3) is 4.28. The molecular weight excluding hydrogens is 480 g/mol. The summed E-state index contributed by atoms with van der Waals surface area (Å²) in [6.07, 6.45) is 0. The Labute approximate surface area is 219 Å². The quantitative estimate of drug-likeness (QED) is 0.370. The van der Waals surface area contributed by atoms with Crippen LogP contribution in [0.1, 0.15) is 22.3 Å². The Bertz CT molecular complexity index is 1800. The summed E-state index contributed by atoms with van der Waals surface area (Å²) < 4.78 is 9.79. The summed E-state index contributed by atoms with van der Waals surface area (Å²) in [6.45, 7) is 5.73. The minimum absolute atomic E-state index is 0.0943. The number of benzene rings is 3. The molecule has 0 aliphatic rings. The number of hydrogen-bond acceptors (Lipinski definition) is 4. The fourth-order valence-corrected chi connectivity index (χ4v) is 5.26. The van der Waals surface area contributed by atoms with E-state index < -0.39 is 11.2 Å². The summed E-state index contributed by atoms with van der Waals surface area (Å²) in [7, 11) is 3.35. The van der Waals surface area contributed by atoms with Gasteiger partial charge >= 0.3 is 5.69 Å². The van der Waals surface area contributed by atoms with E-state index in [9.17, 15) is 14.4 Å². The van der Waals surface area contributed by atoms with E-state index in [1.807, 2.05) is 75.4 Å².